The van der Waals surface area contributed by atoms with Gasteiger partial charge in [-0.05, 0) is 50.9 Å². The van der Waals surface area contributed by atoms with Gasteiger partial charge in [-0.2, -0.15) is 0 Å². The summed E-state index contributed by atoms with van der Waals surface area (Å²) in [7, 11) is 0. The Morgan fingerprint density at radius 1 is 0.524 bits per heavy atom. The Balaban J connectivity index is 1.26. The normalized spacial score (nSPS) is 13.7. The standard InChI is InChI=1S/C40H27NS/c1-40(2)33-15-6-3-10-27(33)29-22-23-32-36(37(29)40)31-12-4-7-16-34(31)41-38(32)25-20-18-24(19-21-25)26-13-9-14-30-28-11-5-8-17-35(28)42-39(26)30/h3-23H,1-2H3. The molecule has 8 aromatic rings. The minimum Gasteiger partial charge on any atom is -0.247 e. The van der Waals surface area contributed by atoms with E-state index in [0.717, 1.165) is 16.8 Å². The monoisotopic (exact) mass is 553 g/mol. The SMILES string of the molecule is CC1(C)c2ccccc2-c2ccc3c(-c4ccc(-c5cccc6c5sc5ccccc56)cc4)nc4ccccc4c3c21. The van der Waals surface area contributed by atoms with Gasteiger partial charge in [-0.25, -0.2) is 4.98 Å². The zero-order valence-electron chi connectivity index (χ0n) is 23.5. The predicted octanol–water partition coefficient (Wildman–Crippen LogP) is 11.4. The van der Waals surface area contributed by atoms with Gasteiger partial charge in [0, 0.05) is 41.9 Å². The fourth-order valence-corrected chi connectivity index (χ4v) is 8.55. The summed E-state index contributed by atoms with van der Waals surface area (Å²) in [5.41, 5.74) is 11.2. The second-order valence-electron chi connectivity index (χ2n) is 11.9. The summed E-state index contributed by atoms with van der Waals surface area (Å²) < 4.78 is 2.68. The van der Waals surface area contributed by atoms with E-state index in [2.05, 4.69) is 141 Å². The van der Waals surface area contributed by atoms with E-state index in [1.807, 2.05) is 11.3 Å². The van der Waals surface area contributed by atoms with Crippen LogP contribution in [0, 0.1) is 0 Å². The molecule has 2 heteroatoms. The van der Waals surface area contributed by atoms with E-state index in [0.29, 0.717) is 0 Å². The van der Waals surface area contributed by atoms with Crippen LogP contribution in [0.2, 0.25) is 0 Å². The van der Waals surface area contributed by atoms with E-state index in [1.54, 1.807) is 0 Å². The van der Waals surface area contributed by atoms with Crippen molar-refractivity contribution in [1.29, 1.82) is 0 Å². The highest BCUT2D eigenvalue weighted by atomic mass is 32.1. The molecule has 0 radical (unpaired) electrons. The Hall–Kier alpha value is -4.79. The summed E-state index contributed by atoms with van der Waals surface area (Å²) in [6.45, 7) is 4.74. The Bertz CT molecular complexity index is 2370. The zero-order chi connectivity index (χ0) is 28.0. The van der Waals surface area contributed by atoms with Crippen molar-refractivity contribution in [3.8, 4) is 33.5 Å². The molecule has 0 unspecified atom stereocenters. The van der Waals surface area contributed by atoms with E-state index in [-0.39, 0.29) is 5.41 Å². The number of fused-ring (bicyclic) bond motifs is 10. The summed E-state index contributed by atoms with van der Waals surface area (Å²) in [4.78, 5) is 5.28. The molecule has 2 aromatic heterocycles. The van der Waals surface area contributed by atoms with Crippen LogP contribution in [-0.4, -0.2) is 4.98 Å². The van der Waals surface area contributed by atoms with Crippen LogP contribution in [0.4, 0.5) is 0 Å². The molecule has 0 N–H and O–H groups in total. The highest BCUT2D eigenvalue weighted by Gasteiger charge is 2.37. The number of hydrogen-bond donors (Lipinski definition) is 0. The molecule has 0 saturated carbocycles. The number of rotatable bonds is 2. The lowest BCUT2D eigenvalue weighted by molar-refractivity contribution is 0.666. The van der Waals surface area contributed by atoms with Gasteiger partial charge in [-0.1, -0.05) is 129 Å². The van der Waals surface area contributed by atoms with Crippen LogP contribution >= 0.6 is 11.3 Å². The van der Waals surface area contributed by atoms with Crippen molar-refractivity contribution >= 4 is 53.2 Å². The van der Waals surface area contributed by atoms with E-state index in [1.165, 1.54) is 69.7 Å². The first-order valence-corrected chi connectivity index (χ1v) is 15.4. The Kier molecular flexibility index (Phi) is 4.89. The summed E-state index contributed by atoms with van der Waals surface area (Å²) >= 11 is 1.88. The van der Waals surface area contributed by atoms with Gasteiger partial charge in [0.05, 0.1) is 11.2 Å². The zero-order valence-corrected chi connectivity index (χ0v) is 24.3. The molecule has 0 bridgehead atoms. The van der Waals surface area contributed by atoms with Gasteiger partial charge < -0.3 is 0 Å². The molecular formula is C40H27NS. The van der Waals surface area contributed by atoms with Gasteiger partial charge in [-0.15, -0.1) is 11.3 Å². The molecule has 1 aliphatic carbocycles. The summed E-state index contributed by atoms with van der Waals surface area (Å²) in [6.07, 6.45) is 0. The third-order valence-corrected chi connectivity index (χ3v) is 10.5. The molecule has 0 atom stereocenters. The molecule has 0 saturated heterocycles. The maximum Gasteiger partial charge on any atom is 0.0788 e. The van der Waals surface area contributed by atoms with Crippen LogP contribution in [0.1, 0.15) is 25.0 Å². The molecule has 42 heavy (non-hydrogen) atoms. The van der Waals surface area contributed by atoms with Gasteiger partial charge in [0.1, 0.15) is 0 Å². The summed E-state index contributed by atoms with van der Waals surface area (Å²) in [6, 6.07) is 46.6. The van der Waals surface area contributed by atoms with Crippen molar-refractivity contribution in [3.63, 3.8) is 0 Å². The van der Waals surface area contributed by atoms with Gasteiger partial charge in [-0.3, -0.25) is 0 Å². The second kappa shape index (κ2) is 8.61. The maximum atomic E-state index is 5.28. The van der Waals surface area contributed by atoms with E-state index in [9.17, 15) is 0 Å². The number of para-hydroxylation sites is 1. The molecule has 1 aliphatic rings. The molecule has 0 fully saturated rings. The van der Waals surface area contributed by atoms with Crippen molar-refractivity contribution in [2.75, 3.05) is 0 Å². The molecule has 2 heterocycles. The average Bonchev–Trinajstić information content (AvgIpc) is 3.53. The van der Waals surface area contributed by atoms with Crippen LogP contribution in [0.3, 0.4) is 0 Å². The lowest BCUT2D eigenvalue weighted by Gasteiger charge is -2.24. The number of pyridine rings is 1. The van der Waals surface area contributed by atoms with Crippen molar-refractivity contribution in [2.24, 2.45) is 0 Å². The smallest absolute Gasteiger partial charge is 0.0788 e. The summed E-state index contributed by atoms with van der Waals surface area (Å²) in [5.74, 6) is 0. The molecule has 9 rings (SSSR count). The van der Waals surface area contributed by atoms with Gasteiger partial charge in [0.2, 0.25) is 0 Å². The van der Waals surface area contributed by atoms with Crippen LogP contribution in [0.15, 0.2) is 127 Å². The van der Waals surface area contributed by atoms with Gasteiger partial charge >= 0.3 is 0 Å². The van der Waals surface area contributed by atoms with E-state index in [4.69, 9.17) is 4.98 Å². The topological polar surface area (TPSA) is 12.9 Å². The largest absolute Gasteiger partial charge is 0.247 e. The quantitative estimate of drug-likeness (QED) is 0.194. The highest BCUT2D eigenvalue weighted by molar-refractivity contribution is 7.26. The number of thiophene rings is 1. The lowest BCUT2D eigenvalue weighted by atomic mass is 9.79. The van der Waals surface area contributed by atoms with Crippen molar-refractivity contribution in [3.05, 3.63) is 139 Å². The molecule has 6 aromatic carbocycles. The van der Waals surface area contributed by atoms with Gasteiger partial charge in [0.15, 0.2) is 0 Å². The number of benzene rings is 6. The molecule has 0 amide bonds. The Morgan fingerprint density at radius 3 is 2.10 bits per heavy atom. The maximum absolute atomic E-state index is 5.28. The fourth-order valence-electron chi connectivity index (χ4n) is 7.32. The van der Waals surface area contributed by atoms with Crippen LogP contribution in [0.5, 0.6) is 0 Å². The summed E-state index contributed by atoms with van der Waals surface area (Å²) in [5, 5.41) is 6.43. The van der Waals surface area contributed by atoms with Crippen molar-refractivity contribution in [1.82, 2.24) is 4.98 Å². The number of hydrogen-bond acceptors (Lipinski definition) is 2. The Labute approximate surface area is 248 Å². The third kappa shape index (κ3) is 3.22. The lowest BCUT2D eigenvalue weighted by Crippen LogP contribution is -2.15. The highest BCUT2D eigenvalue weighted by Crippen LogP contribution is 2.53. The number of aromatic nitrogens is 1. The predicted molar refractivity (Wildman–Crippen MR) is 181 cm³/mol. The van der Waals surface area contributed by atoms with Crippen LogP contribution in [-0.2, 0) is 5.41 Å². The Morgan fingerprint density at radius 2 is 1.21 bits per heavy atom. The minimum atomic E-state index is -0.0976. The van der Waals surface area contributed by atoms with Gasteiger partial charge in [0.25, 0.3) is 0 Å². The fraction of sp³-hybridized carbons (Fsp3) is 0.0750. The molecule has 0 aliphatic heterocycles. The van der Waals surface area contributed by atoms with Crippen molar-refractivity contribution in [2.45, 2.75) is 19.3 Å². The number of nitrogens with zero attached hydrogens (tertiary/aromatic N) is 1. The first-order chi connectivity index (χ1) is 20.6. The first-order valence-electron chi connectivity index (χ1n) is 14.6. The molecule has 198 valence electrons. The van der Waals surface area contributed by atoms with E-state index >= 15 is 0 Å². The third-order valence-electron chi connectivity index (χ3n) is 9.26. The van der Waals surface area contributed by atoms with Crippen molar-refractivity contribution < 1.29 is 0 Å². The second-order valence-corrected chi connectivity index (χ2v) is 13.0. The first kappa shape index (κ1) is 23.9. The van der Waals surface area contributed by atoms with E-state index < -0.39 is 0 Å². The van der Waals surface area contributed by atoms with Crippen LogP contribution in [0.25, 0.3) is 75.4 Å². The minimum absolute atomic E-state index is 0.0976. The average molecular weight is 554 g/mol. The van der Waals surface area contributed by atoms with Crippen LogP contribution < -0.4 is 0 Å². The molecule has 1 nitrogen and oxygen atoms in total. The molecule has 0 spiro atoms. The molecular weight excluding hydrogens is 527 g/mol.